The number of carboxylic acids is 1. The van der Waals surface area contributed by atoms with E-state index in [2.05, 4.69) is 5.32 Å². The van der Waals surface area contributed by atoms with E-state index in [0.717, 1.165) is 4.90 Å². The maximum atomic E-state index is 11.7. The molecule has 0 aromatic heterocycles. The fraction of sp³-hybridized carbons (Fsp3) is 0.818. The third kappa shape index (κ3) is 4.60. The molecule has 0 rings (SSSR count). The number of hydrogen-bond acceptors (Lipinski definition) is 3. The highest BCUT2D eigenvalue weighted by molar-refractivity contribution is 5.85. The molecular formula is C11H22N2O4. The minimum absolute atomic E-state index is 0.0923. The van der Waals surface area contributed by atoms with Crippen molar-refractivity contribution in [1.82, 2.24) is 10.2 Å². The highest BCUT2D eigenvalue weighted by atomic mass is 16.5. The largest absolute Gasteiger partial charge is 0.480 e. The lowest BCUT2D eigenvalue weighted by atomic mass is 10.1. The number of carbonyl (C=O) groups is 2. The number of carbonyl (C=O) groups excluding carboxylic acids is 1. The van der Waals surface area contributed by atoms with E-state index in [0.29, 0.717) is 13.2 Å². The van der Waals surface area contributed by atoms with Crippen molar-refractivity contribution in [3.8, 4) is 0 Å². The molecule has 0 saturated heterocycles. The number of ether oxygens (including phenoxy) is 1. The molecule has 0 aromatic rings. The Hall–Kier alpha value is -1.30. The van der Waals surface area contributed by atoms with Gasteiger partial charge in [-0.25, -0.2) is 9.59 Å². The van der Waals surface area contributed by atoms with Gasteiger partial charge in [0.05, 0.1) is 6.10 Å². The van der Waals surface area contributed by atoms with Gasteiger partial charge in [-0.2, -0.15) is 0 Å². The number of aliphatic carboxylic acids is 1. The molecule has 0 aliphatic carbocycles. The number of carboxylic acid groups (broad SMARTS) is 1. The predicted molar refractivity (Wildman–Crippen MR) is 64.0 cm³/mol. The fourth-order valence-electron chi connectivity index (χ4n) is 1.09. The lowest BCUT2D eigenvalue weighted by Crippen LogP contribution is -2.54. The molecule has 0 heterocycles. The van der Waals surface area contributed by atoms with Gasteiger partial charge in [-0.1, -0.05) is 0 Å². The second-order valence-electron chi connectivity index (χ2n) is 4.38. The zero-order valence-electron chi connectivity index (χ0n) is 11.1. The molecule has 0 aromatic carbocycles. The molecule has 100 valence electrons. The molecule has 0 fully saturated rings. The van der Waals surface area contributed by atoms with E-state index in [1.807, 2.05) is 13.8 Å². The highest BCUT2D eigenvalue weighted by Crippen LogP contribution is 2.12. The van der Waals surface area contributed by atoms with Gasteiger partial charge in [-0.05, 0) is 27.7 Å². The van der Waals surface area contributed by atoms with Crippen LogP contribution in [0.15, 0.2) is 0 Å². The average Bonchev–Trinajstić information content (AvgIpc) is 2.24. The summed E-state index contributed by atoms with van der Waals surface area (Å²) in [6, 6.07) is -0.427. The van der Waals surface area contributed by atoms with Crippen molar-refractivity contribution < 1.29 is 19.4 Å². The van der Waals surface area contributed by atoms with Crippen LogP contribution in [0.25, 0.3) is 0 Å². The van der Waals surface area contributed by atoms with Crippen LogP contribution >= 0.6 is 0 Å². The van der Waals surface area contributed by atoms with Crippen molar-refractivity contribution in [3.05, 3.63) is 0 Å². The summed E-state index contributed by atoms with van der Waals surface area (Å²) in [5, 5.41) is 11.6. The standard InChI is InChI=1S/C11H22N2O4/c1-6-17-8(2)7-12-10(16)13(5)11(3,4)9(14)15/h8H,6-7H2,1-5H3,(H,12,16)(H,14,15). The highest BCUT2D eigenvalue weighted by Gasteiger charge is 2.35. The molecule has 17 heavy (non-hydrogen) atoms. The Labute approximate surface area is 102 Å². The first-order valence-corrected chi connectivity index (χ1v) is 5.60. The monoisotopic (exact) mass is 246 g/mol. The second kappa shape index (κ2) is 6.44. The molecular weight excluding hydrogens is 224 g/mol. The van der Waals surface area contributed by atoms with Crippen LogP contribution in [0.2, 0.25) is 0 Å². The Kier molecular flexibility index (Phi) is 5.95. The minimum Gasteiger partial charge on any atom is -0.480 e. The van der Waals surface area contributed by atoms with Gasteiger partial charge in [0.1, 0.15) is 5.54 Å². The number of rotatable bonds is 6. The Morgan fingerprint density at radius 1 is 1.47 bits per heavy atom. The molecule has 2 amide bonds. The first-order chi connectivity index (χ1) is 7.73. The van der Waals surface area contributed by atoms with Crippen molar-refractivity contribution in [1.29, 1.82) is 0 Å². The van der Waals surface area contributed by atoms with Crippen LogP contribution < -0.4 is 5.32 Å². The summed E-state index contributed by atoms with van der Waals surface area (Å²) in [6.45, 7) is 7.59. The zero-order chi connectivity index (χ0) is 13.6. The van der Waals surface area contributed by atoms with E-state index < -0.39 is 17.5 Å². The average molecular weight is 246 g/mol. The lowest BCUT2D eigenvalue weighted by molar-refractivity contribution is -0.146. The summed E-state index contributed by atoms with van der Waals surface area (Å²) in [7, 11) is 1.45. The molecule has 0 bridgehead atoms. The van der Waals surface area contributed by atoms with Gasteiger partial charge in [0.25, 0.3) is 0 Å². The van der Waals surface area contributed by atoms with Crippen molar-refractivity contribution in [3.63, 3.8) is 0 Å². The van der Waals surface area contributed by atoms with Crippen LogP contribution in [0.5, 0.6) is 0 Å². The summed E-state index contributed by atoms with van der Waals surface area (Å²) >= 11 is 0. The van der Waals surface area contributed by atoms with Crippen LogP contribution in [0.3, 0.4) is 0 Å². The third-order valence-corrected chi connectivity index (χ3v) is 2.66. The third-order valence-electron chi connectivity index (χ3n) is 2.66. The van der Waals surface area contributed by atoms with Gasteiger partial charge in [0, 0.05) is 20.2 Å². The van der Waals surface area contributed by atoms with Crippen LogP contribution in [0, 0.1) is 0 Å². The topological polar surface area (TPSA) is 78.9 Å². The molecule has 1 unspecified atom stereocenters. The Balaban J connectivity index is 4.28. The fourth-order valence-corrected chi connectivity index (χ4v) is 1.09. The lowest BCUT2D eigenvalue weighted by Gasteiger charge is -2.31. The van der Waals surface area contributed by atoms with E-state index >= 15 is 0 Å². The SMILES string of the molecule is CCOC(C)CNC(=O)N(C)C(C)(C)C(=O)O. The summed E-state index contributed by atoms with van der Waals surface area (Å²) < 4.78 is 5.26. The van der Waals surface area contributed by atoms with Crippen LogP contribution in [-0.2, 0) is 9.53 Å². The number of amides is 2. The van der Waals surface area contributed by atoms with Crippen molar-refractivity contribution in [2.45, 2.75) is 39.3 Å². The van der Waals surface area contributed by atoms with Gasteiger partial charge in [0.15, 0.2) is 0 Å². The summed E-state index contributed by atoms with van der Waals surface area (Å²) in [4.78, 5) is 23.8. The molecule has 1 atom stereocenters. The van der Waals surface area contributed by atoms with E-state index in [1.54, 1.807) is 0 Å². The predicted octanol–water partition coefficient (Wildman–Crippen LogP) is 0.916. The number of urea groups is 1. The van der Waals surface area contributed by atoms with Gasteiger partial charge in [0.2, 0.25) is 0 Å². The molecule has 0 aliphatic heterocycles. The van der Waals surface area contributed by atoms with Crippen molar-refractivity contribution in [2.75, 3.05) is 20.2 Å². The van der Waals surface area contributed by atoms with E-state index in [4.69, 9.17) is 9.84 Å². The first-order valence-electron chi connectivity index (χ1n) is 5.60. The Bertz CT molecular complexity index is 279. The summed E-state index contributed by atoms with van der Waals surface area (Å²) in [5.74, 6) is -1.05. The number of nitrogens with one attached hydrogen (secondary N) is 1. The maximum absolute atomic E-state index is 11.7. The van der Waals surface area contributed by atoms with E-state index in [9.17, 15) is 9.59 Å². The van der Waals surface area contributed by atoms with Crippen molar-refractivity contribution >= 4 is 12.0 Å². The van der Waals surface area contributed by atoms with Crippen LogP contribution in [-0.4, -0.2) is 53.8 Å². The van der Waals surface area contributed by atoms with E-state index in [-0.39, 0.29) is 6.10 Å². The van der Waals surface area contributed by atoms with Gasteiger partial charge < -0.3 is 20.1 Å². The minimum atomic E-state index is -1.24. The first kappa shape index (κ1) is 15.7. The summed E-state index contributed by atoms with van der Waals surface area (Å²) in [5.41, 5.74) is -1.24. The molecule has 0 aliphatic rings. The van der Waals surface area contributed by atoms with Gasteiger partial charge >= 0.3 is 12.0 Å². The number of likely N-dealkylation sites (N-methyl/N-ethyl adjacent to an activating group) is 1. The molecule has 6 heteroatoms. The molecule has 0 radical (unpaired) electrons. The molecule has 6 nitrogen and oxygen atoms in total. The molecule has 0 spiro atoms. The van der Waals surface area contributed by atoms with Gasteiger partial charge in [-0.3, -0.25) is 0 Å². The van der Waals surface area contributed by atoms with Crippen molar-refractivity contribution in [2.24, 2.45) is 0 Å². The van der Waals surface area contributed by atoms with Gasteiger partial charge in [-0.15, -0.1) is 0 Å². The maximum Gasteiger partial charge on any atom is 0.329 e. The smallest absolute Gasteiger partial charge is 0.329 e. The number of hydrogen-bond donors (Lipinski definition) is 2. The number of nitrogens with zero attached hydrogens (tertiary/aromatic N) is 1. The second-order valence-corrected chi connectivity index (χ2v) is 4.38. The van der Waals surface area contributed by atoms with E-state index in [1.165, 1.54) is 20.9 Å². The summed E-state index contributed by atoms with van der Waals surface area (Å²) in [6.07, 6.45) is -0.0923. The van der Waals surface area contributed by atoms with Crippen LogP contribution in [0.4, 0.5) is 4.79 Å². The Morgan fingerprint density at radius 2 is 2.00 bits per heavy atom. The zero-order valence-corrected chi connectivity index (χ0v) is 11.1. The molecule has 2 N–H and O–H groups in total. The Morgan fingerprint density at radius 3 is 2.41 bits per heavy atom. The quantitative estimate of drug-likeness (QED) is 0.730. The normalized spacial score (nSPS) is 13.0. The molecule has 0 saturated carbocycles. The van der Waals surface area contributed by atoms with Crippen LogP contribution in [0.1, 0.15) is 27.7 Å².